The summed E-state index contributed by atoms with van der Waals surface area (Å²) in [5, 5.41) is 4.04. The molecule has 0 radical (unpaired) electrons. The molecule has 3 aromatic rings. The number of ether oxygens (including phenoxy) is 2. The largest absolute Gasteiger partial charge is 0.497 e. The highest BCUT2D eigenvalue weighted by molar-refractivity contribution is 7.22. The Morgan fingerprint density at radius 3 is 2.64 bits per heavy atom. The fourth-order valence-electron chi connectivity index (χ4n) is 3.47. The monoisotopic (exact) mass is 397 g/mol. The molecule has 2 heterocycles. The SMILES string of the molecule is COc1ccc(OC)c(NC(=O)C2CCN(c3nc4ccccc4s3)CC2)c1. The predicted octanol–water partition coefficient (Wildman–Crippen LogP) is 4.17. The van der Waals surface area contributed by atoms with Gasteiger partial charge < -0.3 is 19.7 Å². The zero-order valence-corrected chi connectivity index (χ0v) is 16.8. The van der Waals surface area contributed by atoms with Crippen LogP contribution in [0.5, 0.6) is 11.5 Å². The maximum Gasteiger partial charge on any atom is 0.227 e. The highest BCUT2D eigenvalue weighted by Crippen LogP contribution is 2.33. The first-order valence-electron chi connectivity index (χ1n) is 9.31. The molecule has 146 valence electrons. The summed E-state index contributed by atoms with van der Waals surface area (Å²) in [6, 6.07) is 13.6. The summed E-state index contributed by atoms with van der Waals surface area (Å²) in [5.74, 6) is 1.31. The van der Waals surface area contributed by atoms with Crippen LogP contribution in [0.3, 0.4) is 0 Å². The van der Waals surface area contributed by atoms with E-state index >= 15 is 0 Å². The van der Waals surface area contributed by atoms with Crippen LogP contribution in [0, 0.1) is 5.92 Å². The molecule has 28 heavy (non-hydrogen) atoms. The van der Waals surface area contributed by atoms with E-state index in [-0.39, 0.29) is 11.8 Å². The Hall–Kier alpha value is -2.80. The minimum Gasteiger partial charge on any atom is -0.497 e. The van der Waals surface area contributed by atoms with Gasteiger partial charge in [0.1, 0.15) is 11.5 Å². The molecule has 1 aromatic heterocycles. The number of rotatable bonds is 5. The Balaban J connectivity index is 1.40. The summed E-state index contributed by atoms with van der Waals surface area (Å²) >= 11 is 1.71. The highest BCUT2D eigenvalue weighted by Gasteiger charge is 2.27. The Bertz CT molecular complexity index is 947. The first kappa shape index (κ1) is 18.6. The van der Waals surface area contributed by atoms with E-state index in [0.29, 0.717) is 17.2 Å². The fourth-order valence-corrected chi connectivity index (χ4v) is 4.49. The van der Waals surface area contributed by atoms with Crippen LogP contribution >= 0.6 is 11.3 Å². The lowest BCUT2D eigenvalue weighted by Crippen LogP contribution is -2.38. The van der Waals surface area contributed by atoms with Gasteiger partial charge in [-0.3, -0.25) is 4.79 Å². The number of fused-ring (bicyclic) bond motifs is 1. The molecule has 1 fully saturated rings. The number of para-hydroxylation sites is 1. The zero-order valence-electron chi connectivity index (χ0n) is 16.0. The maximum atomic E-state index is 12.8. The number of thiazole rings is 1. The number of benzene rings is 2. The molecule has 0 aliphatic carbocycles. The van der Waals surface area contributed by atoms with Gasteiger partial charge in [-0.25, -0.2) is 4.98 Å². The van der Waals surface area contributed by atoms with E-state index in [9.17, 15) is 4.79 Å². The molecule has 6 nitrogen and oxygen atoms in total. The normalized spacial score (nSPS) is 14.9. The van der Waals surface area contributed by atoms with Gasteiger partial charge in [-0.15, -0.1) is 0 Å². The molecule has 4 rings (SSSR count). The van der Waals surface area contributed by atoms with Crippen molar-refractivity contribution in [2.24, 2.45) is 5.92 Å². The second kappa shape index (κ2) is 8.06. The second-order valence-corrected chi connectivity index (χ2v) is 7.79. The van der Waals surface area contributed by atoms with Gasteiger partial charge in [0.2, 0.25) is 5.91 Å². The van der Waals surface area contributed by atoms with E-state index in [1.165, 1.54) is 4.70 Å². The first-order chi connectivity index (χ1) is 13.7. The van der Waals surface area contributed by atoms with E-state index in [1.54, 1.807) is 37.7 Å². The Morgan fingerprint density at radius 1 is 1.14 bits per heavy atom. The molecule has 2 aromatic carbocycles. The van der Waals surface area contributed by atoms with Gasteiger partial charge in [-0.2, -0.15) is 0 Å². The quantitative estimate of drug-likeness (QED) is 0.700. The summed E-state index contributed by atoms with van der Waals surface area (Å²) in [7, 11) is 3.19. The van der Waals surface area contributed by atoms with E-state index in [2.05, 4.69) is 16.3 Å². The van der Waals surface area contributed by atoms with Crippen molar-refractivity contribution < 1.29 is 14.3 Å². The topological polar surface area (TPSA) is 63.7 Å². The van der Waals surface area contributed by atoms with Gasteiger partial charge in [0.05, 0.1) is 30.1 Å². The number of carbonyl (C=O) groups is 1. The molecule has 1 aliphatic heterocycles. The summed E-state index contributed by atoms with van der Waals surface area (Å²) in [5.41, 5.74) is 1.67. The van der Waals surface area contributed by atoms with Crippen molar-refractivity contribution in [3.8, 4) is 11.5 Å². The lowest BCUT2D eigenvalue weighted by atomic mass is 9.96. The summed E-state index contributed by atoms with van der Waals surface area (Å²) in [4.78, 5) is 19.8. The lowest BCUT2D eigenvalue weighted by Gasteiger charge is -2.31. The number of aromatic nitrogens is 1. The third-order valence-corrected chi connectivity index (χ3v) is 6.18. The van der Waals surface area contributed by atoms with Crippen molar-refractivity contribution >= 4 is 38.3 Å². The number of anilines is 2. The molecule has 0 spiro atoms. The van der Waals surface area contributed by atoms with Gasteiger partial charge in [0, 0.05) is 25.1 Å². The van der Waals surface area contributed by atoms with Gasteiger partial charge in [0.15, 0.2) is 5.13 Å². The van der Waals surface area contributed by atoms with Crippen LogP contribution in [-0.4, -0.2) is 38.2 Å². The standard InChI is InChI=1S/C21H23N3O3S/c1-26-15-7-8-18(27-2)17(13-15)22-20(25)14-9-11-24(12-10-14)21-23-16-5-3-4-6-19(16)28-21/h3-8,13-14H,9-12H2,1-2H3,(H,22,25). The molecule has 1 aliphatic rings. The van der Waals surface area contributed by atoms with Crippen LogP contribution in [0.25, 0.3) is 10.2 Å². The molecule has 7 heteroatoms. The number of piperidine rings is 1. The Kier molecular flexibility index (Phi) is 5.34. The number of methoxy groups -OCH3 is 2. The number of hydrogen-bond acceptors (Lipinski definition) is 6. The van der Waals surface area contributed by atoms with Crippen LogP contribution in [0.15, 0.2) is 42.5 Å². The van der Waals surface area contributed by atoms with Crippen LogP contribution < -0.4 is 19.7 Å². The highest BCUT2D eigenvalue weighted by atomic mass is 32.1. The van der Waals surface area contributed by atoms with Gasteiger partial charge in [-0.1, -0.05) is 23.5 Å². The van der Waals surface area contributed by atoms with Crippen LogP contribution in [-0.2, 0) is 4.79 Å². The smallest absolute Gasteiger partial charge is 0.227 e. The van der Waals surface area contributed by atoms with E-state index in [4.69, 9.17) is 14.5 Å². The van der Waals surface area contributed by atoms with Crippen molar-refractivity contribution in [1.82, 2.24) is 4.98 Å². The molecule has 0 unspecified atom stereocenters. The zero-order chi connectivity index (χ0) is 19.5. The van der Waals surface area contributed by atoms with Crippen LogP contribution in [0.2, 0.25) is 0 Å². The third kappa shape index (κ3) is 3.75. The average molecular weight is 398 g/mol. The summed E-state index contributed by atoms with van der Waals surface area (Å²) in [6.07, 6.45) is 1.60. The molecular weight excluding hydrogens is 374 g/mol. The van der Waals surface area contributed by atoms with E-state index < -0.39 is 0 Å². The number of nitrogens with zero attached hydrogens (tertiary/aromatic N) is 2. The molecule has 0 saturated carbocycles. The second-order valence-electron chi connectivity index (χ2n) is 6.78. The molecule has 0 bridgehead atoms. The first-order valence-corrected chi connectivity index (χ1v) is 10.1. The molecular formula is C21H23N3O3S. The van der Waals surface area contributed by atoms with Crippen molar-refractivity contribution in [1.29, 1.82) is 0 Å². The Morgan fingerprint density at radius 2 is 1.93 bits per heavy atom. The van der Waals surface area contributed by atoms with Gasteiger partial charge in [-0.05, 0) is 37.1 Å². The fraction of sp³-hybridized carbons (Fsp3) is 0.333. The minimum absolute atomic E-state index is 0.0236. The van der Waals surface area contributed by atoms with Gasteiger partial charge in [0.25, 0.3) is 0 Å². The lowest BCUT2D eigenvalue weighted by molar-refractivity contribution is -0.120. The summed E-state index contributed by atoms with van der Waals surface area (Å²) in [6.45, 7) is 1.65. The van der Waals surface area contributed by atoms with Crippen molar-refractivity contribution in [3.05, 3.63) is 42.5 Å². The van der Waals surface area contributed by atoms with E-state index in [0.717, 1.165) is 36.6 Å². The number of hydrogen-bond donors (Lipinski definition) is 1. The summed E-state index contributed by atoms with van der Waals surface area (Å²) < 4.78 is 11.8. The number of carbonyl (C=O) groups excluding carboxylic acids is 1. The van der Waals surface area contributed by atoms with Gasteiger partial charge >= 0.3 is 0 Å². The molecule has 1 saturated heterocycles. The predicted molar refractivity (Wildman–Crippen MR) is 113 cm³/mol. The average Bonchev–Trinajstić information content (AvgIpc) is 3.18. The van der Waals surface area contributed by atoms with Crippen molar-refractivity contribution in [3.63, 3.8) is 0 Å². The van der Waals surface area contributed by atoms with Crippen molar-refractivity contribution in [2.45, 2.75) is 12.8 Å². The minimum atomic E-state index is -0.0264. The molecule has 1 N–H and O–H groups in total. The van der Waals surface area contributed by atoms with E-state index in [1.807, 2.05) is 24.3 Å². The van der Waals surface area contributed by atoms with Crippen LogP contribution in [0.1, 0.15) is 12.8 Å². The number of amides is 1. The maximum absolute atomic E-state index is 12.8. The Labute approximate surface area is 168 Å². The molecule has 1 amide bonds. The van der Waals surface area contributed by atoms with Crippen molar-refractivity contribution in [2.75, 3.05) is 37.5 Å². The number of nitrogens with one attached hydrogen (secondary N) is 1. The van der Waals surface area contributed by atoms with Crippen LogP contribution in [0.4, 0.5) is 10.8 Å². The molecule has 0 atom stereocenters. The third-order valence-electron chi connectivity index (χ3n) is 5.08.